The quantitative estimate of drug-likeness (QED) is 0.774. The number of hydrogen-bond acceptors (Lipinski definition) is 6. The minimum atomic E-state index is -3.71. The molecule has 1 unspecified atom stereocenters. The van der Waals surface area contributed by atoms with Crippen molar-refractivity contribution in [1.82, 2.24) is 4.31 Å². The van der Waals surface area contributed by atoms with E-state index < -0.39 is 16.0 Å². The zero-order valence-corrected chi connectivity index (χ0v) is 15.6. The lowest BCUT2D eigenvalue weighted by Gasteiger charge is -2.23. The lowest BCUT2D eigenvalue weighted by atomic mass is 9.90. The molecule has 24 heavy (non-hydrogen) atoms. The Morgan fingerprint density at radius 2 is 2.04 bits per heavy atom. The number of ether oxygens (including phenoxy) is 2. The Labute approximate surface area is 148 Å². The largest absolute Gasteiger partial charge is 0.495 e. The van der Waals surface area contributed by atoms with E-state index in [4.69, 9.17) is 10.5 Å². The summed E-state index contributed by atoms with van der Waals surface area (Å²) in [7, 11) is -1.09. The van der Waals surface area contributed by atoms with Crippen LogP contribution in [0, 0.1) is 5.41 Å². The van der Waals surface area contributed by atoms with E-state index in [1.807, 2.05) is 6.92 Å². The highest BCUT2D eigenvalue weighted by Gasteiger charge is 2.40. The molecule has 1 aliphatic heterocycles. The molecule has 1 heterocycles. The van der Waals surface area contributed by atoms with Crippen molar-refractivity contribution in [3.63, 3.8) is 0 Å². The van der Waals surface area contributed by atoms with Gasteiger partial charge < -0.3 is 15.2 Å². The minimum absolute atomic E-state index is 0. The summed E-state index contributed by atoms with van der Waals surface area (Å²) in [5.74, 6) is -0.432. The Bertz CT molecular complexity index is 710. The van der Waals surface area contributed by atoms with Gasteiger partial charge in [-0.2, -0.15) is 4.31 Å². The third kappa shape index (κ3) is 3.83. The van der Waals surface area contributed by atoms with Crippen LogP contribution in [-0.4, -0.2) is 52.5 Å². The van der Waals surface area contributed by atoms with Gasteiger partial charge in [0.05, 0.1) is 19.8 Å². The molecule has 0 amide bonds. The van der Waals surface area contributed by atoms with Gasteiger partial charge in [0.2, 0.25) is 10.0 Å². The molecule has 1 fully saturated rings. The van der Waals surface area contributed by atoms with E-state index in [1.54, 1.807) is 0 Å². The molecule has 1 saturated heterocycles. The van der Waals surface area contributed by atoms with E-state index in [0.717, 1.165) is 0 Å². The van der Waals surface area contributed by atoms with Gasteiger partial charge in [-0.3, -0.25) is 0 Å². The fourth-order valence-electron chi connectivity index (χ4n) is 2.61. The van der Waals surface area contributed by atoms with Crippen molar-refractivity contribution in [1.29, 1.82) is 0 Å². The first-order valence-electron chi connectivity index (χ1n) is 7.24. The van der Waals surface area contributed by atoms with E-state index in [2.05, 4.69) is 4.74 Å². The molecule has 136 valence electrons. The van der Waals surface area contributed by atoms with Gasteiger partial charge in [0.25, 0.3) is 0 Å². The molecule has 1 aromatic rings. The molecule has 1 aliphatic rings. The molecule has 0 radical (unpaired) electrons. The lowest BCUT2D eigenvalue weighted by Crippen LogP contribution is -2.34. The number of carbonyl (C=O) groups excluding carboxylic acids is 1. The summed E-state index contributed by atoms with van der Waals surface area (Å²) in [5.41, 5.74) is 5.76. The molecular formula is C15H23ClN2O5S. The van der Waals surface area contributed by atoms with Crippen molar-refractivity contribution in [2.75, 3.05) is 33.9 Å². The second kappa shape index (κ2) is 7.69. The van der Waals surface area contributed by atoms with Gasteiger partial charge in [0.15, 0.2) is 0 Å². The maximum absolute atomic E-state index is 12.9. The second-order valence-corrected chi connectivity index (χ2v) is 7.87. The third-order valence-corrected chi connectivity index (χ3v) is 6.10. The number of hydrogen-bond donors (Lipinski definition) is 1. The number of benzene rings is 1. The van der Waals surface area contributed by atoms with Crippen LogP contribution in [0.1, 0.15) is 23.7 Å². The van der Waals surface area contributed by atoms with Crippen LogP contribution in [0.5, 0.6) is 5.75 Å². The van der Waals surface area contributed by atoms with Crippen molar-refractivity contribution >= 4 is 28.4 Å². The van der Waals surface area contributed by atoms with Gasteiger partial charge in [-0.05, 0) is 36.6 Å². The SMILES string of the molecule is COC(=O)c1ccc(S(=O)(=O)N2CCC(C)(CN)C2)c(OC)c1.Cl. The van der Waals surface area contributed by atoms with Gasteiger partial charge in [0.1, 0.15) is 10.6 Å². The van der Waals surface area contributed by atoms with E-state index in [1.165, 1.54) is 36.7 Å². The highest BCUT2D eigenvalue weighted by molar-refractivity contribution is 7.89. The molecule has 0 saturated carbocycles. The van der Waals surface area contributed by atoms with Crippen molar-refractivity contribution in [2.45, 2.75) is 18.2 Å². The Morgan fingerprint density at radius 3 is 2.54 bits per heavy atom. The molecule has 0 aliphatic carbocycles. The van der Waals surface area contributed by atoms with Crippen LogP contribution in [0.4, 0.5) is 0 Å². The van der Waals surface area contributed by atoms with Crippen LogP contribution in [0.3, 0.4) is 0 Å². The summed E-state index contributed by atoms with van der Waals surface area (Å²) in [6, 6.07) is 4.16. The Hall–Kier alpha value is -1.35. The standard InChI is InChI=1S/C15H22N2O5S.ClH/c1-15(9-16)6-7-17(10-15)23(19,20)13-5-4-11(14(18)22-3)8-12(13)21-2;/h4-5,8H,6-7,9-10,16H2,1-3H3;1H. The van der Waals surface area contributed by atoms with Crippen LogP contribution in [0.2, 0.25) is 0 Å². The average Bonchev–Trinajstić information content (AvgIpc) is 2.97. The van der Waals surface area contributed by atoms with Gasteiger partial charge in [-0.25, -0.2) is 13.2 Å². The molecule has 0 bridgehead atoms. The Morgan fingerprint density at radius 1 is 1.38 bits per heavy atom. The predicted molar refractivity (Wildman–Crippen MR) is 92.1 cm³/mol. The molecular weight excluding hydrogens is 356 g/mol. The molecule has 2 N–H and O–H groups in total. The van der Waals surface area contributed by atoms with Crippen LogP contribution in [0.15, 0.2) is 23.1 Å². The fourth-order valence-corrected chi connectivity index (χ4v) is 4.34. The van der Waals surface area contributed by atoms with Crippen molar-refractivity contribution in [3.05, 3.63) is 23.8 Å². The van der Waals surface area contributed by atoms with Crippen molar-refractivity contribution in [3.8, 4) is 5.75 Å². The number of esters is 1. The lowest BCUT2D eigenvalue weighted by molar-refractivity contribution is 0.0600. The maximum atomic E-state index is 12.9. The van der Waals surface area contributed by atoms with Crippen molar-refractivity contribution < 1.29 is 22.7 Å². The summed E-state index contributed by atoms with van der Waals surface area (Å²) in [4.78, 5) is 11.6. The molecule has 1 aromatic carbocycles. The van der Waals surface area contributed by atoms with Gasteiger partial charge in [0, 0.05) is 13.1 Å². The van der Waals surface area contributed by atoms with E-state index in [9.17, 15) is 13.2 Å². The molecule has 9 heteroatoms. The summed E-state index contributed by atoms with van der Waals surface area (Å²) in [5, 5.41) is 0. The number of sulfonamides is 1. The normalized spacial score (nSPS) is 21.2. The van der Waals surface area contributed by atoms with E-state index in [0.29, 0.717) is 26.1 Å². The molecule has 2 rings (SSSR count). The summed E-state index contributed by atoms with van der Waals surface area (Å²) in [6.07, 6.45) is 0.714. The Balaban J connectivity index is 0.00000288. The number of rotatable bonds is 5. The zero-order chi connectivity index (χ0) is 17.3. The van der Waals surface area contributed by atoms with E-state index in [-0.39, 0.29) is 34.0 Å². The van der Waals surface area contributed by atoms with Crippen LogP contribution in [0.25, 0.3) is 0 Å². The Kier molecular flexibility index (Phi) is 6.63. The topological polar surface area (TPSA) is 98.9 Å². The first-order valence-corrected chi connectivity index (χ1v) is 8.68. The number of carbonyl (C=O) groups is 1. The zero-order valence-electron chi connectivity index (χ0n) is 13.9. The van der Waals surface area contributed by atoms with Gasteiger partial charge in [-0.1, -0.05) is 6.92 Å². The number of nitrogens with two attached hydrogens (primary N) is 1. The number of nitrogens with zero attached hydrogens (tertiary/aromatic N) is 1. The van der Waals surface area contributed by atoms with Gasteiger partial charge >= 0.3 is 5.97 Å². The highest BCUT2D eigenvalue weighted by Crippen LogP contribution is 2.35. The minimum Gasteiger partial charge on any atom is -0.495 e. The molecule has 0 spiro atoms. The maximum Gasteiger partial charge on any atom is 0.337 e. The summed E-state index contributed by atoms with van der Waals surface area (Å²) < 4.78 is 36.9. The molecule has 0 aromatic heterocycles. The first kappa shape index (κ1) is 20.7. The molecule has 7 nitrogen and oxygen atoms in total. The third-order valence-electron chi connectivity index (χ3n) is 4.22. The van der Waals surface area contributed by atoms with Gasteiger partial charge in [-0.15, -0.1) is 12.4 Å². The monoisotopic (exact) mass is 378 g/mol. The van der Waals surface area contributed by atoms with E-state index >= 15 is 0 Å². The summed E-state index contributed by atoms with van der Waals surface area (Å²) in [6.45, 7) is 3.18. The van der Waals surface area contributed by atoms with Crippen LogP contribution < -0.4 is 10.5 Å². The number of methoxy groups -OCH3 is 2. The predicted octanol–water partition coefficient (Wildman–Crippen LogP) is 1.26. The molecule has 1 atom stereocenters. The second-order valence-electron chi connectivity index (χ2n) is 5.96. The number of halogens is 1. The smallest absolute Gasteiger partial charge is 0.337 e. The van der Waals surface area contributed by atoms with Crippen LogP contribution in [-0.2, 0) is 14.8 Å². The van der Waals surface area contributed by atoms with Crippen molar-refractivity contribution in [2.24, 2.45) is 11.1 Å². The highest BCUT2D eigenvalue weighted by atomic mass is 35.5. The fraction of sp³-hybridized carbons (Fsp3) is 0.533. The van der Waals surface area contributed by atoms with Crippen LogP contribution >= 0.6 is 12.4 Å². The average molecular weight is 379 g/mol. The summed E-state index contributed by atoms with van der Waals surface area (Å²) >= 11 is 0. The first-order chi connectivity index (χ1) is 10.8.